The van der Waals surface area contributed by atoms with E-state index in [1.54, 1.807) is 38.3 Å². The Morgan fingerprint density at radius 2 is 2.00 bits per heavy atom. The Morgan fingerprint density at radius 1 is 1.26 bits per heavy atom. The van der Waals surface area contributed by atoms with E-state index in [1.807, 2.05) is 0 Å². The number of benzene rings is 1. The molecule has 0 fully saturated rings. The first kappa shape index (κ1) is 17.4. The molecule has 0 aliphatic carbocycles. The van der Waals surface area contributed by atoms with Gasteiger partial charge in [-0.05, 0) is 31.2 Å². The maximum absolute atomic E-state index is 12.2. The smallest absolute Gasteiger partial charge is 0.265 e. The van der Waals surface area contributed by atoms with Crippen LogP contribution in [0.15, 0.2) is 34.9 Å². The summed E-state index contributed by atoms with van der Waals surface area (Å²) in [4.78, 5) is 24.7. The first-order valence-corrected chi connectivity index (χ1v) is 8.25. The van der Waals surface area contributed by atoms with Crippen LogP contribution in [0, 0.1) is 0 Å². The average molecular weight is 336 g/mol. The minimum Gasteiger partial charge on any atom is -0.496 e. The van der Waals surface area contributed by atoms with Crippen LogP contribution in [0.5, 0.6) is 0 Å². The normalized spacial score (nSPS) is 14.2. The minimum atomic E-state index is -0.190. The Labute approximate surface area is 139 Å². The van der Waals surface area contributed by atoms with Crippen LogP contribution in [-0.2, 0) is 14.3 Å². The van der Waals surface area contributed by atoms with Gasteiger partial charge in [0.15, 0.2) is 0 Å². The lowest BCUT2D eigenvalue weighted by molar-refractivity contribution is -0.112. The Balaban J connectivity index is 1.94. The van der Waals surface area contributed by atoms with Gasteiger partial charge in [-0.3, -0.25) is 9.59 Å². The first-order chi connectivity index (χ1) is 11.1. The molecule has 1 aromatic rings. The molecule has 2 N–H and O–H groups in total. The molecule has 0 aromatic heterocycles. The predicted octanol–water partition coefficient (Wildman–Crippen LogP) is 2.00. The van der Waals surface area contributed by atoms with Gasteiger partial charge in [-0.1, -0.05) is 0 Å². The van der Waals surface area contributed by atoms with Crippen LogP contribution >= 0.6 is 11.8 Å². The first-order valence-electron chi connectivity index (χ1n) is 7.27. The van der Waals surface area contributed by atoms with Crippen molar-refractivity contribution in [3.05, 3.63) is 40.5 Å². The molecule has 2 rings (SSSR count). The summed E-state index contributed by atoms with van der Waals surface area (Å²) in [6.45, 7) is 3.33. The molecule has 23 heavy (non-hydrogen) atoms. The maximum Gasteiger partial charge on any atom is 0.265 e. The van der Waals surface area contributed by atoms with Crippen LogP contribution in [-0.4, -0.2) is 44.4 Å². The number of rotatable bonds is 6. The van der Waals surface area contributed by atoms with Crippen LogP contribution in [0.25, 0.3) is 0 Å². The van der Waals surface area contributed by atoms with Crippen molar-refractivity contribution in [3.63, 3.8) is 0 Å². The molecule has 7 heteroatoms. The predicted molar refractivity (Wildman–Crippen MR) is 90.4 cm³/mol. The molecule has 1 aromatic carbocycles. The molecule has 0 spiro atoms. The van der Waals surface area contributed by atoms with E-state index in [-0.39, 0.29) is 11.8 Å². The number of nitrogens with one attached hydrogen (secondary N) is 2. The van der Waals surface area contributed by atoms with Crippen molar-refractivity contribution in [2.75, 3.05) is 37.9 Å². The molecule has 0 saturated heterocycles. The van der Waals surface area contributed by atoms with Crippen molar-refractivity contribution in [2.45, 2.75) is 6.92 Å². The highest BCUT2D eigenvalue weighted by Gasteiger charge is 2.18. The Hall–Kier alpha value is -1.99. The number of thioether (sulfide) groups is 1. The van der Waals surface area contributed by atoms with E-state index in [1.165, 1.54) is 11.8 Å². The van der Waals surface area contributed by atoms with Crippen LogP contribution in [0.4, 0.5) is 5.69 Å². The molecular weight excluding hydrogens is 316 g/mol. The number of carbonyl (C=O) groups is 2. The van der Waals surface area contributed by atoms with Gasteiger partial charge in [0.05, 0.1) is 13.2 Å². The monoisotopic (exact) mass is 336 g/mol. The zero-order chi connectivity index (χ0) is 16.7. The number of methoxy groups -OCH3 is 1. The van der Waals surface area contributed by atoms with Gasteiger partial charge >= 0.3 is 0 Å². The summed E-state index contributed by atoms with van der Waals surface area (Å²) in [5.74, 6) is 1.05. The van der Waals surface area contributed by atoms with Crippen molar-refractivity contribution >= 4 is 29.3 Å². The van der Waals surface area contributed by atoms with Crippen molar-refractivity contribution in [2.24, 2.45) is 0 Å². The fourth-order valence-corrected chi connectivity index (χ4v) is 2.81. The molecule has 1 aliphatic rings. The number of hydrogen-bond acceptors (Lipinski definition) is 5. The van der Waals surface area contributed by atoms with Gasteiger partial charge in [-0.25, -0.2) is 0 Å². The van der Waals surface area contributed by atoms with E-state index in [0.29, 0.717) is 41.7 Å². The fraction of sp³-hybridized carbons (Fsp3) is 0.375. The van der Waals surface area contributed by atoms with Crippen molar-refractivity contribution in [1.29, 1.82) is 0 Å². The molecule has 0 saturated carbocycles. The molecule has 2 amide bonds. The van der Waals surface area contributed by atoms with Gasteiger partial charge in [0.25, 0.3) is 11.8 Å². The van der Waals surface area contributed by atoms with E-state index in [0.717, 1.165) is 5.75 Å². The highest BCUT2D eigenvalue weighted by atomic mass is 32.2. The standard InChI is InChI=1S/C16H20N2O4S/c1-11-14(23-10-9-22-11)16(20)18-13-5-3-12(4-6-13)15(19)17-7-8-21-2/h3-6H,7-10H2,1-2H3,(H,17,19)(H,18,20). The molecule has 6 nitrogen and oxygen atoms in total. The van der Waals surface area contributed by atoms with Crippen molar-refractivity contribution in [1.82, 2.24) is 5.32 Å². The minimum absolute atomic E-state index is 0.172. The zero-order valence-corrected chi connectivity index (χ0v) is 14.0. The largest absolute Gasteiger partial charge is 0.496 e. The number of amides is 2. The molecule has 0 atom stereocenters. The number of ether oxygens (including phenoxy) is 2. The van der Waals surface area contributed by atoms with Gasteiger partial charge in [0.1, 0.15) is 10.7 Å². The topological polar surface area (TPSA) is 76.7 Å². The van der Waals surface area contributed by atoms with Gasteiger partial charge in [-0.2, -0.15) is 0 Å². The van der Waals surface area contributed by atoms with E-state index in [4.69, 9.17) is 9.47 Å². The van der Waals surface area contributed by atoms with Crippen molar-refractivity contribution in [3.8, 4) is 0 Å². The Kier molecular flexibility index (Phi) is 6.49. The third-order valence-electron chi connectivity index (χ3n) is 3.17. The molecule has 124 valence electrons. The second-order valence-electron chi connectivity index (χ2n) is 4.86. The summed E-state index contributed by atoms with van der Waals surface area (Å²) in [5.41, 5.74) is 1.17. The summed E-state index contributed by atoms with van der Waals surface area (Å²) in [6, 6.07) is 6.74. The average Bonchev–Trinajstić information content (AvgIpc) is 2.56. The van der Waals surface area contributed by atoms with Gasteiger partial charge < -0.3 is 20.1 Å². The summed E-state index contributed by atoms with van der Waals surface area (Å²) < 4.78 is 10.3. The highest BCUT2D eigenvalue weighted by Crippen LogP contribution is 2.26. The van der Waals surface area contributed by atoms with Gasteiger partial charge in [0.2, 0.25) is 0 Å². The maximum atomic E-state index is 12.2. The summed E-state index contributed by atoms with van der Waals surface area (Å²) in [5, 5.41) is 5.55. The van der Waals surface area contributed by atoms with E-state index in [9.17, 15) is 9.59 Å². The summed E-state index contributed by atoms with van der Waals surface area (Å²) in [6.07, 6.45) is 0. The Morgan fingerprint density at radius 3 is 2.65 bits per heavy atom. The van der Waals surface area contributed by atoms with Crippen LogP contribution in [0.1, 0.15) is 17.3 Å². The second kappa shape index (κ2) is 8.59. The van der Waals surface area contributed by atoms with E-state index >= 15 is 0 Å². The molecule has 1 heterocycles. The lowest BCUT2D eigenvalue weighted by Gasteiger charge is -2.17. The molecule has 0 unspecified atom stereocenters. The summed E-state index contributed by atoms with van der Waals surface area (Å²) >= 11 is 1.48. The number of hydrogen-bond donors (Lipinski definition) is 2. The quantitative estimate of drug-likeness (QED) is 0.777. The van der Waals surface area contributed by atoms with Crippen molar-refractivity contribution < 1.29 is 19.1 Å². The molecule has 1 aliphatic heterocycles. The fourth-order valence-electron chi connectivity index (χ4n) is 1.99. The molecule has 0 bridgehead atoms. The van der Waals surface area contributed by atoms with Crippen LogP contribution in [0.2, 0.25) is 0 Å². The van der Waals surface area contributed by atoms with E-state index in [2.05, 4.69) is 10.6 Å². The number of allylic oxidation sites excluding steroid dienone is 1. The number of carbonyl (C=O) groups excluding carboxylic acids is 2. The lowest BCUT2D eigenvalue weighted by atomic mass is 10.2. The molecule has 0 radical (unpaired) electrons. The second-order valence-corrected chi connectivity index (χ2v) is 5.97. The third-order valence-corrected chi connectivity index (χ3v) is 4.30. The van der Waals surface area contributed by atoms with E-state index < -0.39 is 0 Å². The lowest BCUT2D eigenvalue weighted by Crippen LogP contribution is -2.26. The highest BCUT2D eigenvalue weighted by molar-refractivity contribution is 8.04. The Bertz CT molecular complexity index is 599. The van der Waals surface area contributed by atoms with Gasteiger partial charge in [-0.15, -0.1) is 11.8 Å². The van der Waals surface area contributed by atoms with Gasteiger partial charge in [0, 0.05) is 30.7 Å². The van der Waals surface area contributed by atoms with Crippen LogP contribution < -0.4 is 10.6 Å². The van der Waals surface area contributed by atoms with Crippen LogP contribution in [0.3, 0.4) is 0 Å². The number of anilines is 1. The summed E-state index contributed by atoms with van der Waals surface area (Å²) in [7, 11) is 1.58. The third kappa shape index (κ3) is 5.01. The molecular formula is C16H20N2O4S. The zero-order valence-electron chi connectivity index (χ0n) is 13.2. The SMILES string of the molecule is COCCNC(=O)c1ccc(NC(=O)C2=C(C)OCCS2)cc1.